The van der Waals surface area contributed by atoms with Gasteiger partial charge >= 0.3 is 0 Å². The average molecular weight is 424 g/mol. The number of likely N-dealkylation sites (tertiary alicyclic amines) is 1. The molecule has 1 atom stereocenters. The molecule has 6 heteroatoms. The molecule has 5 rings (SSSR count). The Morgan fingerprint density at radius 3 is 2.86 bits per heavy atom. The van der Waals surface area contributed by atoms with Crippen LogP contribution in [0.15, 0.2) is 53.4 Å². The molecule has 0 spiro atoms. The molecular weight excluding hydrogens is 398 g/mol. The van der Waals surface area contributed by atoms with Crippen molar-refractivity contribution in [3.05, 3.63) is 53.5 Å². The van der Waals surface area contributed by atoms with Gasteiger partial charge in [-0.05, 0) is 49.3 Å². The van der Waals surface area contributed by atoms with Crippen LogP contribution < -0.4 is 4.90 Å². The number of fused-ring (bicyclic) bond motifs is 2. The normalized spacial score (nSPS) is 19.8. The van der Waals surface area contributed by atoms with Crippen LogP contribution in [0.25, 0.3) is 10.2 Å². The minimum atomic E-state index is 0.248. The van der Waals surface area contributed by atoms with E-state index in [-0.39, 0.29) is 5.91 Å². The Balaban J connectivity index is 1.30. The number of piperidine rings is 1. The number of hydrogen-bond donors (Lipinski definition) is 0. The second kappa shape index (κ2) is 8.36. The smallest absolute Gasteiger partial charge is 0.242 e. The van der Waals surface area contributed by atoms with Gasteiger partial charge in [-0.2, -0.15) is 0 Å². The van der Waals surface area contributed by atoms with Crippen LogP contribution in [0.2, 0.25) is 0 Å². The van der Waals surface area contributed by atoms with Crippen molar-refractivity contribution in [3.63, 3.8) is 0 Å². The minimum absolute atomic E-state index is 0.248. The van der Waals surface area contributed by atoms with Crippen LogP contribution in [0, 0.1) is 0 Å². The summed E-state index contributed by atoms with van der Waals surface area (Å²) in [5, 5.41) is 1.18. The highest BCUT2D eigenvalue weighted by molar-refractivity contribution is 7.99. The van der Waals surface area contributed by atoms with Gasteiger partial charge in [0.1, 0.15) is 0 Å². The molecule has 0 radical (unpaired) electrons. The van der Waals surface area contributed by atoms with Gasteiger partial charge in [-0.3, -0.25) is 4.79 Å². The second-order valence-corrected chi connectivity index (χ2v) is 9.99. The quantitative estimate of drug-likeness (QED) is 0.594. The molecule has 0 saturated carbocycles. The number of aromatic nitrogens is 1. The number of nitrogens with zero attached hydrogens (tertiary/aromatic N) is 3. The Hall–Kier alpha value is -2.05. The largest absolute Gasteiger partial charge is 0.361 e. The highest BCUT2D eigenvalue weighted by atomic mass is 32.2. The molecule has 4 nitrogen and oxygen atoms in total. The van der Waals surface area contributed by atoms with Gasteiger partial charge < -0.3 is 9.80 Å². The number of hydrogen-bond acceptors (Lipinski definition) is 5. The molecule has 2 aliphatic rings. The van der Waals surface area contributed by atoms with E-state index in [0.29, 0.717) is 12.5 Å². The van der Waals surface area contributed by atoms with E-state index in [0.717, 1.165) is 50.2 Å². The fourth-order valence-electron chi connectivity index (χ4n) is 4.30. The molecule has 1 saturated heterocycles. The van der Waals surface area contributed by atoms with Crippen LogP contribution in [0.3, 0.4) is 0 Å². The molecule has 2 aromatic carbocycles. The van der Waals surface area contributed by atoms with Gasteiger partial charge in [0.2, 0.25) is 5.91 Å². The standard InChI is InChI=1S/C23H25N3OS2/c27-22(16-25-13-6-14-28-21-11-4-2-9-19(21)25)26-12-5-7-17(15-26)23-24-18-8-1-3-10-20(18)29-23/h1-4,8-11,17H,5-7,12-16H2. The summed E-state index contributed by atoms with van der Waals surface area (Å²) in [7, 11) is 0. The summed E-state index contributed by atoms with van der Waals surface area (Å²) in [6.07, 6.45) is 3.28. The van der Waals surface area contributed by atoms with Gasteiger partial charge in [0.05, 0.1) is 27.5 Å². The van der Waals surface area contributed by atoms with E-state index in [2.05, 4.69) is 52.3 Å². The maximum Gasteiger partial charge on any atom is 0.242 e. The van der Waals surface area contributed by atoms with Crippen molar-refractivity contribution >= 4 is 44.9 Å². The summed E-state index contributed by atoms with van der Waals surface area (Å²) in [5.41, 5.74) is 2.29. The molecular formula is C23H25N3OS2. The predicted octanol–water partition coefficient (Wildman–Crippen LogP) is 5.00. The molecule has 0 aliphatic carbocycles. The number of rotatable bonds is 3. The van der Waals surface area contributed by atoms with Crippen LogP contribution in [0.4, 0.5) is 5.69 Å². The number of thiazole rings is 1. The highest BCUT2D eigenvalue weighted by Gasteiger charge is 2.28. The number of carbonyl (C=O) groups is 1. The first-order chi connectivity index (χ1) is 14.3. The number of anilines is 1. The first-order valence-electron chi connectivity index (χ1n) is 10.4. The molecule has 3 aromatic rings. The second-order valence-electron chi connectivity index (χ2n) is 7.79. The lowest BCUT2D eigenvalue weighted by molar-refractivity contribution is -0.130. The SMILES string of the molecule is O=C(CN1CCCSc2ccccc21)N1CCCC(c2nc3ccccc3s2)C1. The average Bonchev–Trinajstić information content (AvgIpc) is 3.10. The first-order valence-corrected chi connectivity index (χ1v) is 12.2. The third kappa shape index (κ3) is 4.01. The van der Waals surface area contributed by atoms with Gasteiger partial charge in [0.25, 0.3) is 0 Å². The lowest BCUT2D eigenvalue weighted by Crippen LogP contribution is -2.45. The van der Waals surface area contributed by atoms with Gasteiger partial charge in [0, 0.05) is 30.4 Å². The Bertz CT molecular complexity index is 985. The lowest BCUT2D eigenvalue weighted by Gasteiger charge is -2.34. The highest BCUT2D eigenvalue weighted by Crippen LogP contribution is 2.35. The topological polar surface area (TPSA) is 36.4 Å². The molecule has 1 unspecified atom stereocenters. The fraction of sp³-hybridized carbons (Fsp3) is 0.391. The van der Waals surface area contributed by atoms with Crippen LogP contribution in [0.5, 0.6) is 0 Å². The van der Waals surface area contributed by atoms with Crippen molar-refractivity contribution in [1.29, 1.82) is 0 Å². The van der Waals surface area contributed by atoms with Gasteiger partial charge in [-0.25, -0.2) is 4.98 Å². The summed E-state index contributed by atoms with van der Waals surface area (Å²) < 4.78 is 1.24. The summed E-state index contributed by atoms with van der Waals surface area (Å²) in [4.78, 5) is 23.7. The monoisotopic (exact) mass is 423 g/mol. The van der Waals surface area contributed by atoms with E-state index < -0.39 is 0 Å². The molecule has 0 bridgehead atoms. The maximum absolute atomic E-state index is 13.2. The number of amides is 1. The third-order valence-corrected chi connectivity index (χ3v) is 8.14. The van der Waals surface area contributed by atoms with Crippen molar-refractivity contribution in [3.8, 4) is 0 Å². The summed E-state index contributed by atoms with van der Waals surface area (Å²) in [6.45, 7) is 3.09. The third-order valence-electron chi connectivity index (χ3n) is 5.80. The number of para-hydroxylation sites is 2. The zero-order valence-corrected chi connectivity index (χ0v) is 18.1. The summed E-state index contributed by atoms with van der Waals surface area (Å²) >= 11 is 3.69. The Labute approximate surface area is 179 Å². The minimum Gasteiger partial charge on any atom is -0.361 e. The van der Waals surface area contributed by atoms with Crippen LogP contribution >= 0.6 is 23.1 Å². The Morgan fingerprint density at radius 1 is 1.07 bits per heavy atom. The zero-order chi connectivity index (χ0) is 19.6. The van der Waals surface area contributed by atoms with E-state index in [9.17, 15) is 4.79 Å². The summed E-state index contributed by atoms with van der Waals surface area (Å²) in [5.74, 6) is 1.72. The Kier molecular flexibility index (Phi) is 5.46. The van der Waals surface area contributed by atoms with E-state index >= 15 is 0 Å². The van der Waals surface area contributed by atoms with Gasteiger partial charge in [-0.1, -0.05) is 24.3 Å². The lowest BCUT2D eigenvalue weighted by atomic mass is 9.98. The van der Waals surface area contributed by atoms with Crippen LogP contribution in [0.1, 0.15) is 30.2 Å². The van der Waals surface area contributed by atoms with Gasteiger partial charge in [0.15, 0.2) is 0 Å². The molecule has 29 heavy (non-hydrogen) atoms. The van der Waals surface area contributed by atoms with Crippen molar-refractivity contribution in [1.82, 2.24) is 9.88 Å². The molecule has 1 fully saturated rings. The Morgan fingerprint density at radius 2 is 1.93 bits per heavy atom. The summed E-state index contributed by atoms with van der Waals surface area (Å²) in [6, 6.07) is 16.8. The van der Waals surface area contributed by atoms with E-state index in [4.69, 9.17) is 4.98 Å². The van der Waals surface area contributed by atoms with Crippen molar-refractivity contribution in [2.45, 2.75) is 30.1 Å². The first kappa shape index (κ1) is 18.9. The van der Waals surface area contributed by atoms with E-state index in [1.165, 1.54) is 20.3 Å². The zero-order valence-electron chi connectivity index (χ0n) is 16.4. The van der Waals surface area contributed by atoms with Crippen molar-refractivity contribution in [2.24, 2.45) is 0 Å². The molecule has 3 heterocycles. The predicted molar refractivity (Wildman–Crippen MR) is 122 cm³/mol. The van der Waals surface area contributed by atoms with Crippen molar-refractivity contribution in [2.75, 3.05) is 36.8 Å². The molecule has 2 aliphatic heterocycles. The molecule has 1 amide bonds. The number of carbonyl (C=O) groups excluding carboxylic acids is 1. The molecule has 1 aromatic heterocycles. The number of benzene rings is 2. The fourth-order valence-corrected chi connectivity index (χ4v) is 6.40. The number of thioether (sulfide) groups is 1. The van der Waals surface area contributed by atoms with Crippen LogP contribution in [-0.2, 0) is 4.79 Å². The molecule has 0 N–H and O–H groups in total. The van der Waals surface area contributed by atoms with Crippen molar-refractivity contribution < 1.29 is 4.79 Å². The molecule has 150 valence electrons. The van der Waals surface area contributed by atoms with Gasteiger partial charge in [-0.15, -0.1) is 23.1 Å². The maximum atomic E-state index is 13.2. The van der Waals surface area contributed by atoms with E-state index in [1.54, 1.807) is 11.3 Å². The van der Waals surface area contributed by atoms with E-state index in [1.807, 2.05) is 17.8 Å². The van der Waals surface area contributed by atoms with Crippen LogP contribution in [-0.4, -0.2) is 47.7 Å².